The highest BCUT2D eigenvalue weighted by Crippen LogP contribution is 2.33. The standard InChI is InChI=1S/C13H23NSi.C4H12O3Si/c1-13(2,3)15(4,5)14-11-12-9-7-6-8-10-12;1-5-8(4,6-2)7-3/h6-10,14H,11H2,1-5H3;1-4H3. The Morgan fingerprint density at radius 2 is 1.30 bits per heavy atom. The lowest BCUT2D eigenvalue weighted by Crippen LogP contribution is -2.51. The molecule has 0 atom stereocenters. The van der Waals surface area contributed by atoms with Gasteiger partial charge in [0.2, 0.25) is 0 Å². The highest BCUT2D eigenvalue weighted by atomic mass is 28.4. The lowest BCUT2D eigenvalue weighted by Gasteiger charge is -2.37. The molecule has 0 aliphatic heterocycles. The Hall–Kier alpha value is -0.506. The summed E-state index contributed by atoms with van der Waals surface area (Å²) in [4.78, 5) is 3.75. The second-order valence-corrected chi connectivity index (χ2v) is 15.2. The molecule has 0 aliphatic rings. The maximum atomic E-state index is 4.93. The fourth-order valence-corrected chi connectivity index (χ4v) is 3.11. The van der Waals surface area contributed by atoms with E-state index in [4.69, 9.17) is 13.3 Å². The Morgan fingerprint density at radius 3 is 1.61 bits per heavy atom. The summed E-state index contributed by atoms with van der Waals surface area (Å²) in [5, 5.41) is 0.405. The van der Waals surface area contributed by atoms with E-state index in [-0.39, 0.29) is 0 Å². The van der Waals surface area contributed by atoms with Gasteiger partial charge in [-0.1, -0.05) is 64.2 Å². The third kappa shape index (κ3) is 8.23. The van der Waals surface area contributed by atoms with E-state index in [0.29, 0.717) is 5.04 Å². The molecule has 0 amide bonds. The molecule has 6 heteroatoms. The molecular formula is C17H35NO3Si2. The zero-order valence-corrected chi connectivity index (χ0v) is 18.3. The van der Waals surface area contributed by atoms with Gasteiger partial charge in [-0.15, -0.1) is 0 Å². The molecule has 0 aromatic heterocycles. The van der Waals surface area contributed by atoms with E-state index in [0.717, 1.165) is 6.54 Å². The highest BCUT2D eigenvalue weighted by molar-refractivity contribution is 6.77. The second-order valence-electron chi connectivity index (χ2n) is 7.19. The molecule has 0 bridgehead atoms. The molecule has 0 radical (unpaired) electrons. The van der Waals surface area contributed by atoms with Crippen LogP contribution in [0, 0.1) is 0 Å². The van der Waals surface area contributed by atoms with Crippen molar-refractivity contribution in [3.8, 4) is 0 Å². The number of hydrogen-bond acceptors (Lipinski definition) is 4. The van der Waals surface area contributed by atoms with E-state index in [1.165, 1.54) is 5.56 Å². The highest BCUT2D eigenvalue weighted by Gasteiger charge is 2.34. The van der Waals surface area contributed by atoms with Gasteiger partial charge in [0.05, 0.1) is 0 Å². The van der Waals surface area contributed by atoms with Gasteiger partial charge in [-0.3, -0.25) is 0 Å². The van der Waals surface area contributed by atoms with Crippen molar-refractivity contribution in [3.05, 3.63) is 35.9 Å². The van der Waals surface area contributed by atoms with Crippen LogP contribution in [0.4, 0.5) is 0 Å². The van der Waals surface area contributed by atoms with Crippen LogP contribution in [-0.4, -0.2) is 38.4 Å². The molecule has 0 fully saturated rings. The molecule has 1 aromatic carbocycles. The van der Waals surface area contributed by atoms with E-state index >= 15 is 0 Å². The van der Waals surface area contributed by atoms with Crippen LogP contribution < -0.4 is 4.98 Å². The van der Waals surface area contributed by atoms with Crippen LogP contribution in [0.2, 0.25) is 24.7 Å². The molecule has 0 unspecified atom stereocenters. The van der Waals surface area contributed by atoms with Crippen molar-refractivity contribution in [1.29, 1.82) is 0 Å². The summed E-state index contributed by atoms with van der Waals surface area (Å²) in [5.41, 5.74) is 1.38. The zero-order chi connectivity index (χ0) is 18.1. The average molecular weight is 358 g/mol. The first kappa shape index (κ1) is 22.5. The van der Waals surface area contributed by atoms with Gasteiger partial charge >= 0.3 is 8.80 Å². The third-order valence-electron chi connectivity index (χ3n) is 4.56. The topological polar surface area (TPSA) is 39.7 Å². The van der Waals surface area contributed by atoms with Crippen LogP contribution in [0.3, 0.4) is 0 Å². The molecule has 0 heterocycles. The van der Waals surface area contributed by atoms with Crippen LogP contribution in [0.15, 0.2) is 30.3 Å². The van der Waals surface area contributed by atoms with E-state index in [9.17, 15) is 0 Å². The van der Waals surface area contributed by atoms with Crippen molar-refractivity contribution in [2.45, 2.75) is 52.0 Å². The average Bonchev–Trinajstić information content (AvgIpc) is 2.53. The minimum absolute atomic E-state index is 0.405. The Morgan fingerprint density at radius 1 is 0.870 bits per heavy atom. The molecular weight excluding hydrogens is 322 g/mol. The van der Waals surface area contributed by atoms with Gasteiger partial charge in [0, 0.05) is 34.4 Å². The number of hydrogen-bond donors (Lipinski definition) is 1. The summed E-state index contributed by atoms with van der Waals surface area (Å²) < 4.78 is 14.8. The SMILES string of the molecule is CC(C)(C)[Si](C)(C)NCc1ccccc1.CO[Si](C)(OC)OC. The monoisotopic (exact) mass is 357 g/mol. The summed E-state index contributed by atoms with van der Waals surface area (Å²) in [6.45, 7) is 14.6. The Balaban J connectivity index is 0.000000515. The van der Waals surface area contributed by atoms with Gasteiger partial charge in [-0.05, 0) is 10.6 Å². The lowest BCUT2D eigenvalue weighted by atomic mass is 10.2. The van der Waals surface area contributed by atoms with Crippen LogP contribution in [0.5, 0.6) is 0 Å². The summed E-state index contributed by atoms with van der Waals surface area (Å²) in [6.07, 6.45) is 0. The van der Waals surface area contributed by atoms with Crippen molar-refractivity contribution in [3.63, 3.8) is 0 Å². The fourth-order valence-electron chi connectivity index (χ4n) is 1.43. The molecule has 1 aromatic rings. The van der Waals surface area contributed by atoms with E-state index in [1.54, 1.807) is 21.3 Å². The van der Waals surface area contributed by atoms with E-state index < -0.39 is 17.0 Å². The predicted octanol–water partition coefficient (Wildman–Crippen LogP) is 4.28. The molecule has 0 saturated carbocycles. The van der Waals surface area contributed by atoms with Gasteiger partial charge in [-0.2, -0.15) is 0 Å². The Labute approximate surface area is 145 Å². The fraction of sp³-hybridized carbons (Fsp3) is 0.647. The van der Waals surface area contributed by atoms with Gasteiger partial charge in [0.25, 0.3) is 0 Å². The first-order chi connectivity index (χ1) is 10.5. The second kappa shape index (κ2) is 9.71. The molecule has 1 N–H and O–H groups in total. The minimum Gasteiger partial charge on any atom is -0.377 e. The van der Waals surface area contributed by atoms with Crippen LogP contribution in [-0.2, 0) is 19.8 Å². The van der Waals surface area contributed by atoms with Crippen molar-refractivity contribution >= 4 is 17.0 Å². The van der Waals surface area contributed by atoms with Crippen LogP contribution in [0.25, 0.3) is 0 Å². The summed E-state index contributed by atoms with van der Waals surface area (Å²) >= 11 is 0. The summed E-state index contributed by atoms with van der Waals surface area (Å²) in [7, 11) is 1.24. The minimum atomic E-state index is -2.17. The first-order valence-corrected chi connectivity index (χ1v) is 13.2. The van der Waals surface area contributed by atoms with Crippen molar-refractivity contribution in [2.75, 3.05) is 21.3 Å². The first-order valence-electron chi connectivity index (χ1n) is 7.95. The van der Waals surface area contributed by atoms with Crippen molar-refractivity contribution < 1.29 is 13.3 Å². The number of rotatable bonds is 6. The smallest absolute Gasteiger partial charge is 0.377 e. The molecule has 0 aliphatic carbocycles. The summed E-state index contributed by atoms with van der Waals surface area (Å²) in [6, 6.07) is 10.6. The molecule has 4 nitrogen and oxygen atoms in total. The van der Waals surface area contributed by atoms with Gasteiger partial charge in [0.1, 0.15) is 8.24 Å². The quantitative estimate of drug-likeness (QED) is 0.772. The number of nitrogens with one attached hydrogen (secondary N) is 1. The normalized spacial score (nSPS) is 12.6. The number of benzene rings is 1. The van der Waals surface area contributed by atoms with Gasteiger partial charge in [0.15, 0.2) is 0 Å². The van der Waals surface area contributed by atoms with E-state index in [1.807, 2.05) is 6.55 Å². The van der Waals surface area contributed by atoms with Gasteiger partial charge in [-0.25, -0.2) is 0 Å². The van der Waals surface area contributed by atoms with Crippen LogP contribution >= 0.6 is 0 Å². The van der Waals surface area contributed by atoms with Crippen molar-refractivity contribution in [2.24, 2.45) is 0 Å². The molecule has 0 spiro atoms. The Kier molecular flexibility index (Phi) is 9.49. The third-order valence-corrected chi connectivity index (χ3v) is 11.6. The molecule has 0 saturated heterocycles. The summed E-state index contributed by atoms with van der Waals surface area (Å²) in [5.74, 6) is 0. The predicted molar refractivity (Wildman–Crippen MR) is 103 cm³/mol. The molecule has 23 heavy (non-hydrogen) atoms. The Bertz CT molecular complexity index is 421. The maximum absolute atomic E-state index is 4.93. The lowest BCUT2D eigenvalue weighted by molar-refractivity contribution is 0.132. The van der Waals surface area contributed by atoms with Crippen molar-refractivity contribution in [1.82, 2.24) is 4.98 Å². The largest absolute Gasteiger partial charge is 0.496 e. The van der Waals surface area contributed by atoms with Crippen LogP contribution in [0.1, 0.15) is 26.3 Å². The maximum Gasteiger partial charge on any atom is 0.496 e. The zero-order valence-electron chi connectivity index (χ0n) is 16.3. The van der Waals surface area contributed by atoms with Gasteiger partial charge < -0.3 is 18.3 Å². The molecule has 1 rings (SSSR count). The molecule has 134 valence electrons. The van der Waals surface area contributed by atoms with E-state index in [2.05, 4.69) is 69.2 Å².